The van der Waals surface area contributed by atoms with Gasteiger partial charge in [0.2, 0.25) is 0 Å². The summed E-state index contributed by atoms with van der Waals surface area (Å²) in [6, 6.07) is 23.5. The van der Waals surface area contributed by atoms with E-state index in [4.69, 9.17) is 14.5 Å². The lowest BCUT2D eigenvalue weighted by molar-refractivity contribution is -0.173. The smallest absolute Gasteiger partial charge is 0.166 e. The molecular weight excluding hydrogens is 484 g/mol. The Hall–Kier alpha value is -3.41. The number of nitrogens with zero attached hydrogens (tertiary/aromatic N) is 2. The topological polar surface area (TPSA) is 54.8 Å². The quantitative estimate of drug-likeness (QED) is 0.382. The molecule has 0 radical (unpaired) electrons. The molecule has 5 heteroatoms. The fraction of sp³-hybridized carbons (Fsp3) is 0.382. The maximum atomic E-state index is 13.0. The van der Waals surface area contributed by atoms with Gasteiger partial charge in [-0.25, -0.2) is 4.98 Å². The Morgan fingerprint density at radius 3 is 2.74 bits per heavy atom. The number of hydrogen-bond acceptors (Lipinski definition) is 5. The van der Waals surface area contributed by atoms with E-state index in [9.17, 15) is 5.11 Å². The first kappa shape index (κ1) is 22.4. The second-order valence-electron chi connectivity index (χ2n) is 12.4. The lowest BCUT2D eigenvalue weighted by Gasteiger charge is -2.63. The van der Waals surface area contributed by atoms with E-state index in [2.05, 4.69) is 65.6 Å². The summed E-state index contributed by atoms with van der Waals surface area (Å²) >= 11 is 0. The second-order valence-corrected chi connectivity index (χ2v) is 12.4. The molecule has 1 aromatic heterocycles. The summed E-state index contributed by atoms with van der Waals surface area (Å²) in [7, 11) is 1.71. The Morgan fingerprint density at radius 1 is 1.05 bits per heavy atom. The largest absolute Gasteiger partial charge is 0.493 e. The van der Waals surface area contributed by atoms with Crippen molar-refractivity contribution in [2.24, 2.45) is 5.92 Å². The molecule has 3 aromatic carbocycles. The standard InChI is InChI=1S/C34H32N2O3/c1-38-26-13-12-22-17-27-34(37)18-24-16-23-8-5-9-25(21-6-3-2-4-7-21)29(23)35-30(24)32-33(34,28(22)31(26)39-32)14-15-36(27)19-20-10-11-20/h2-9,12-13,16,20,27,32,37H,10-11,14-15,17-19H2,1H3/t27-,32?,33+,34?/m1/s1. The number of rotatable bonds is 4. The number of aromatic nitrogens is 1. The lowest BCUT2D eigenvalue weighted by Crippen LogP contribution is -2.74. The van der Waals surface area contributed by atoms with Gasteiger partial charge in [0.25, 0.3) is 0 Å². The third kappa shape index (κ3) is 2.80. The molecule has 2 aliphatic heterocycles. The SMILES string of the molecule is COc1ccc2c3c1OC1c4nc5c(-c6ccccc6)cccc5cc4CC4(O)[C@@H](C2)N(CC2CC2)CC[C@]314. The fourth-order valence-corrected chi connectivity index (χ4v) is 8.57. The first-order valence-electron chi connectivity index (χ1n) is 14.4. The van der Waals surface area contributed by atoms with E-state index in [-0.39, 0.29) is 12.1 Å². The molecule has 0 amide bonds. The Bertz CT molecular complexity index is 1660. The number of ether oxygens (including phenoxy) is 2. The molecule has 5 aliphatic rings. The van der Waals surface area contributed by atoms with Gasteiger partial charge >= 0.3 is 0 Å². The molecular formula is C34H32N2O3. The van der Waals surface area contributed by atoms with Crippen molar-refractivity contribution in [2.45, 2.75) is 55.3 Å². The molecule has 9 rings (SSSR count). The number of benzene rings is 3. The number of para-hydroxylation sites is 1. The molecule has 39 heavy (non-hydrogen) atoms. The number of methoxy groups -OCH3 is 1. The third-order valence-corrected chi connectivity index (χ3v) is 10.5. The van der Waals surface area contributed by atoms with Gasteiger partial charge in [-0.15, -0.1) is 0 Å². The van der Waals surface area contributed by atoms with Crippen LogP contribution in [0.1, 0.15) is 47.8 Å². The van der Waals surface area contributed by atoms with Crippen LogP contribution in [0, 0.1) is 5.92 Å². The average molecular weight is 517 g/mol. The van der Waals surface area contributed by atoms with Crippen LogP contribution >= 0.6 is 0 Å². The third-order valence-electron chi connectivity index (χ3n) is 10.5. The minimum Gasteiger partial charge on any atom is -0.493 e. The molecule has 4 aromatic rings. The highest BCUT2D eigenvalue weighted by Crippen LogP contribution is 2.68. The molecule has 1 saturated heterocycles. The van der Waals surface area contributed by atoms with Crippen molar-refractivity contribution in [3.8, 4) is 22.6 Å². The lowest BCUT2D eigenvalue weighted by atomic mass is 9.49. The molecule has 196 valence electrons. The summed E-state index contributed by atoms with van der Waals surface area (Å²) in [5, 5.41) is 14.2. The second kappa shape index (κ2) is 7.61. The number of fused-ring (bicyclic) bond motifs is 3. The Morgan fingerprint density at radius 2 is 1.92 bits per heavy atom. The molecule has 4 atom stereocenters. The van der Waals surface area contributed by atoms with Crippen molar-refractivity contribution < 1.29 is 14.6 Å². The van der Waals surface area contributed by atoms with Gasteiger partial charge in [0.15, 0.2) is 17.6 Å². The number of likely N-dealkylation sites (tertiary alicyclic amines) is 1. The molecule has 5 nitrogen and oxygen atoms in total. The van der Waals surface area contributed by atoms with E-state index in [1.54, 1.807) is 7.11 Å². The summed E-state index contributed by atoms with van der Waals surface area (Å²) in [5.74, 6) is 2.36. The van der Waals surface area contributed by atoms with E-state index < -0.39 is 11.0 Å². The van der Waals surface area contributed by atoms with Gasteiger partial charge in [-0.3, -0.25) is 4.90 Å². The zero-order valence-corrected chi connectivity index (χ0v) is 22.2. The van der Waals surface area contributed by atoms with E-state index in [0.29, 0.717) is 6.42 Å². The van der Waals surface area contributed by atoms with Crippen LogP contribution in [0.2, 0.25) is 0 Å². The van der Waals surface area contributed by atoms with Gasteiger partial charge in [0.1, 0.15) is 0 Å². The van der Waals surface area contributed by atoms with Crippen molar-refractivity contribution in [1.82, 2.24) is 9.88 Å². The molecule has 3 heterocycles. The number of hydrogen-bond donors (Lipinski definition) is 1. The summed E-state index contributed by atoms with van der Waals surface area (Å²) in [6.07, 6.45) is 4.61. The normalized spacial score (nSPS) is 30.0. The Kier molecular flexibility index (Phi) is 4.38. The van der Waals surface area contributed by atoms with Crippen LogP contribution in [0.25, 0.3) is 22.0 Å². The van der Waals surface area contributed by atoms with E-state index in [0.717, 1.165) is 76.6 Å². The average Bonchev–Trinajstić information content (AvgIpc) is 3.70. The summed E-state index contributed by atoms with van der Waals surface area (Å²) in [6.45, 7) is 2.08. The highest BCUT2D eigenvalue weighted by molar-refractivity contribution is 5.94. The first-order valence-corrected chi connectivity index (χ1v) is 14.4. The molecule has 1 saturated carbocycles. The van der Waals surface area contributed by atoms with Crippen molar-refractivity contribution in [1.29, 1.82) is 0 Å². The summed E-state index contributed by atoms with van der Waals surface area (Å²) in [5.41, 5.74) is 6.42. The van der Waals surface area contributed by atoms with Gasteiger partial charge in [-0.2, -0.15) is 0 Å². The molecule has 3 aliphatic carbocycles. The van der Waals surface area contributed by atoms with Crippen molar-refractivity contribution in [3.05, 3.63) is 89.1 Å². The molecule has 2 unspecified atom stereocenters. The first-order chi connectivity index (χ1) is 19.1. The van der Waals surface area contributed by atoms with E-state index in [1.165, 1.54) is 24.0 Å². The minimum absolute atomic E-state index is 0.0734. The number of pyridine rings is 1. The van der Waals surface area contributed by atoms with Crippen LogP contribution in [-0.4, -0.2) is 46.8 Å². The zero-order chi connectivity index (χ0) is 25.9. The zero-order valence-electron chi connectivity index (χ0n) is 22.2. The maximum Gasteiger partial charge on any atom is 0.166 e. The van der Waals surface area contributed by atoms with Crippen LogP contribution in [0.5, 0.6) is 11.5 Å². The minimum atomic E-state index is -0.922. The van der Waals surface area contributed by atoms with Gasteiger partial charge in [-0.1, -0.05) is 54.6 Å². The van der Waals surface area contributed by atoms with Gasteiger partial charge in [0, 0.05) is 35.5 Å². The van der Waals surface area contributed by atoms with Crippen molar-refractivity contribution in [2.75, 3.05) is 20.2 Å². The van der Waals surface area contributed by atoms with Crippen LogP contribution in [0.3, 0.4) is 0 Å². The van der Waals surface area contributed by atoms with Crippen LogP contribution in [0.4, 0.5) is 0 Å². The number of piperidine rings is 1. The predicted molar refractivity (Wildman–Crippen MR) is 150 cm³/mol. The maximum absolute atomic E-state index is 13.0. The molecule has 1 N–H and O–H groups in total. The van der Waals surface area contributed by atoms with Gasteiger partial charge < -0.3 is 14.6 Å². The van der Waals surface area contributed by atoms with Crippen LogP contribution < -0.4 is 9.47 Å². The van der Waals surface area contributed by atoms with Gasteiger partial charge in [-0.05, 0) is 67.0 Å². The number of aliphatic hydroxyl groups is 1. The van der Waals surface area contributed by atoms with Crippen molar-refractivity contribution in [3.63, 3.8) is 0 Å². The van der Waals surface area contributed by atoms with Crippen molar-refractivity contribution >= 4 is 10.9 Å². The summed E-state index contributed by atoms with van der Waals surface area (Å²) in [4.78, 5) is 8.03. The van der Waals surface area contributed by atoms with Crippen LogP contribution in [-0.2, 0) is 18.3 Å². The summed E-state index contributed by atoms with van der Waals surface area (Å²) < 4.78 is 12.8. The fourth-order valence-electron chi connectivity index (χ4n) is 8.57. The Balaban J connectivity index is 1.29. The van der Waals surface area contributed by atoms with E-state index in [1.807, 2.05) is 6.07 Å². The van der Waals surface area contributed by atoms with Gasteiger partial charge in [0.05, 0.1) is 29.3 Å². The highest BCUT2D eigenvalue weighted by Gasteiger charge is 2.72. The monoisotopic (exact) mass is 516 g/mol. The molecule has 2 bridgehead atoms. The molecule has 1 spiro atoms. The Labute approximate surface area is 228 Å². The predicted octanol–water partition coefficient (Wildman–Crippen LogP) is 5.61. The molecule has 2 fully saturated rings. The highest BCUT2D eigenvalue weighted by atomic mass is 16.5. The van der Waals surface area contributed by atoms with E-state index >= 15 is 0 Å². The van der Waals surface area contributed by atoms with Crippen LogP contribution in [0.15, 0.2) is 66.7 Å².